The third kappa shape index (κ3) is 5.78. The summed E-state index contributed by atoms with van der Waals surface area (Å²) in [7, 11) is 3.15. The first kappa shape index (κ1) is 27.2. The molecule has 4 aromatic rings. The summed E-state index contributed by atoms with van der Waals surface area (Å²) in [5, 5.41) is 34.3. The van der Waals surface area contributed by atoms with Crippen molar-refractivity contribution < 1.29 is 29.3 Å². The molecule has 1 aliphatic rings. The minimum atomic E-state index is -1.14. The van der Waals surface area contributed by atoms with Gasteiger partial charge in [-0.15, -0.1) is 5.10 Å². The number of benzene rings is 3. The van der Waals surface area contributed by atoms with E-state index in [-0.39, 0.29) is 12.6 Å². The lowest BCUT2D eigenvalue weighted by atomic mass is 9.92. The number of rotatable bonds is 10. The molecule has 1 aromatic heterocycles. The third-order valence-electron chi connectivity index (χ3n) is 6.86. The van der Waals surface area contributed by atoms with Crippen LogP contribution in [0.3, 0.4) is 0 Å². The molecule has 0 amide bonds. The Kier molecular flexibility index (Phi) is 8.28. The summed E-state index contributed by atoms with van der Waals surface area (Å²) in [6.07, 6.45) is -0.118. The Hall–Kier alpha value is -4.41. The molecule has 5 rings (SSSR count). The van der Waals surface area contributed by atoms with Gasteiger partial charge in [-0.05, 0) is 54.8 Å². The van der Waals surface area contributed by atoms with Crippen molar-refractivity contribution in [3.05, 3.63) is 101 Å². The molecule has 3 aromatic carbocycles. The number of oxime groups is 1. The highest BCUT2D eigenvalue weighted by molar-refractivity contribution is 6.07. The van der Waals surface area contributed by atoms with Gasteiger partial charge in [-0.25, -0.2) is 4.68 Å². The zero-order valence-corrected chi connectivity index (χ0v) is 22.5. The second kappa shape index (κ2) is 12.2. The Balaban J connectivity index is 1.39. The number of hydrogen-bond acceptors (Lipinski definition) is 9. The number of methoxy groups -OCH3 is 2. The van der Waals surface area contributed by atoms with E-state index in [2.05, 4.69) is 15.5 Å². The van der Waals surface area contributed by atoms with Gasteiger partial charge in [0.15, 0.2) is 12.2 Å². The number of ether oxygens (including phenoxy) is 3. The topological polar surface area (TPSA) is 120 Å². The van der Waals surface area contributed by atoms with E-state index < -0.39 is 18.3 Å². The molecule has 2 heterocycles. The maximum absolute atomic E-state index is 11.4. The first-order chi connectivity index (χ1) is 19.5. The summed E-state index contributed by atoms with van der Waals surface area (Å²) >= 11 is 0. The Morgan fingerprint density at radius 1 is 1.00 bits per heavy atom. The van der Waals surface area contributed by atoms with Crippen LogP contribution in [0.5, 0.6) is 17.2 Å². The van der Waals surface area contributed by atoms with E-state index in [0.29, 0.717) is 40.6 Å². The van der Waals surface area contributed by atoms with Gasteiger partial charge in [0.1, 0.15) is 34.8 Å². The van der Waals surface area contributed by atoms with Crippen molar-refractivity contribution in [2.75, 3.05) is 20.8 Å². The summed E-state index contributed by atoms with van der Waals surface area (Å²) in [5.74, 6) is 1.77. The van der Waals surface area contributed by atoms with Crippen LogP contribution in [0.15, 0.2) is 84.1 Å². The Morgan fingerprint density at radius 2 is 1.77 bits per heavy atom. The molecular formula is C30H32N4O6. The highest BCUT2D eigenvalue weighted by Gasteiger charge is 2.37. The lowest BCUT2D eigenvalue weighted by Crippen LogP contribution is -2.37. The fourth-order valence-corrected chi connectivity index (χ4v) is 4.59. The minimum Gasteiger partial charge on any atom is -0.497 e. The molecule has 2 N–H and O–H groups in total. The van der Waals surface area contributed by atoms with E-state index in [0.717, 1.165) is 11.1 Å². The van der Waals surface area contributed by atoms with E-state index in [1.54, 1.807) is 50.2 Å². The van der Waals surface area contributed by atoms with Gasteiger partial charge in [-0.2, -0.15) is 0 Å². The number of fused-ring (bicyclic) bond motifs is 1. The largest absolute Gasteiger partial charge is 0.497 e. The Labute approximate surface area is 232 Å². The Morgan fingerprint density at radius 3 is 2.52 bits per heavy atom. The number of aliphatic hydroxyl groups excluding tert-OH is 2. The van der Waals surface area contributed by atoms with E-state index in [9.17, 15) is 10.2 Å². The number of aliphatic hydroxyl groups is 2. The predicted molar refractivity (Wildman–Crippen MR) is 148 cm³/mol. The van der Waals surface area contributed by atoms with Crippen LogP contribution in [-0.4, -0.2) is 57.8 Å². The maximum atomic E-state index is 11.4. The second-order valence-corrected chi connectivity index (χ2v) is 9.50. The van der Waals surface area contributed by atoms with Crippen LogP contribution in [0.4, 0.5) is 0 Å². The highest BCUT2D eigenvalue weighted by atomic mass is 16.6. The maximum Gasteiger partial charge on any atom is 0.169 e. The first-order valence-electron chi connectivity index (χ1n) is 13.0. The summed E-state index contributed by atoms with van der Waals surface area (Å²) in [5.41, 5.74) is 3.20. The zero-order chi connectivity index (χ0) is 28.1. The van der Waals surface area contributed by atoms with Gasteiger partial charge in [0.05, 0.1) is 33.1 Å². The highest BCUT2D eigenvalue weighted by Crippen LogP contribution is 2.38. The average Bonchev–Trinajstić information content (AvgIpc) is 3.49. The van der Waals surface area contributed by atoms with Gasteiger partial charge >= 0.3 is 0 Å². The fraction of sp³-hybridized carbons (Fsp3) is 0.300. The zero-order valence-electron chi connectivity index (χ0n) is 22.5. The molecule has 0 unspecified atom stereocenters. The van der Waals surface area contributed by atoms with Gasteiger partial charge in [0, 0.05) is 5.56 Å². The van der Waals surface area contributed by atoms with Gasteiger partial charge in [0.2, 0.25) is 0 Å². The van der Waals surface area contributed by atoms with Crippen molar-refractivity contribution in [1.29, 1.82) is 0 Å². The predicted octanol–water partition coefficient (Wildman–Crippen LogP) is 4.05. The monoisotopic (exact) mass is 544 g/mol. The molecule has 0 radical (unpaired) electrons. The van der Waals surface area contributed by atoms with Crippen molar-refractivity contribution in [3.63, 3.8) is 0 Å². The van der Waals surface area contributed by atoms with Crippen molar-refractivity contribution in [2.45, 2.75) is 37.7 Å². The van der Waals surface area contributed by atoms with Crippen molar-refractivity contribution >= 4 is 5.71 Å². The summed E-state index contributed by atoms with van der Waals surface area (Å²) in [4.78, 5) is 5.87. The molecule has 208 valence electrons. The van der Waals surface area contributed by atoms with Crippen molar-refractivity contribution in [2.24, 2.45) is 5.16 Å². The second-order valence-electron chi connectivity index (χ2n) is 9.50. The van der Waals surface area contributed by atoms with E-state index >= 15 is 0 Å². The van der Waals surface area contributed by atoms with Gasteiger partial charge in [-0.1, -0.05) is 52.8 Å². The van der Waals surface area contributed by atoms with Crippen LogP contribution >= 0.6 is 0 Å². The SMILES string of the molecule is COc1cccc([C@H]2Oc3ccc(OC)cc3C(=NO[C@H](C)c3cn([C@H](CO)Cc4ccccc4)nn3)[C@@H]2O)c1. The van der Waals surface area contributed by atoms with Crippen LogP contribution in [-0.2, 0) is 11.3 Å². The van der Waals surface area contributed by atoms with Crippen molar-refractivity contribution in [1.82, 2.24) is 15.0 Å². The molecule has 0 fully saturated rings. The lowest BCUT2D eigenvalue weighted by Gasteiger charge is -2.32. The van der Waals surface area contributed by atoms with E-state index in [4.69, 9.17) is 19.0 Å². The normalized spacial score (nSPS) is 18.9. The van der Waals surface area contributed by atoms with Gasteiger partial charge in [-0.3, -0.25) is 0 Å². The van der Waals surface area contributed by atoms with Gasteiger partial charge < -0.3 is 29.3 Å². The first-order valence-corrected chi connectivity index (χ1v) is 13.0. The fourth-order valence-electron chi connectivity index (χ4n) is 4.59. The van der Waals surface area contributed by atoms with Crippen LogP contribution in [0.25, 0.3) is 0 Å². The van der Waals surface area contributed by atoms with E-state index in [1.165, 1.54) is 0 Å². The van der Waals surface area contributed by atoms with Crippen LogP contribution < -0.4 is 14.2 Å². The molecule has 0 saturated carbocycles. The summed E-state index contributed by atoms with van der Waals surface area (Å²) in [6.45, 7) is 1.70. The van der Waals surface area contributed by atoms with E-state index in [1.807, 2.05) is 54.6 Å². The molecule has 0 spiro atoms. The molecular weight excluding hydrogens is 512 g/mol. The molecule has 40 heavy (non-hydrogen) atoms. The standard InChI is InChI=1S/C30H32N4O6/c1-19(26-17-34(33-31-26)22(18-35)14-20-8-5-4-6-9-20)40-32-28-25-16-24(38-3)12-13-27(25)39-30(29(28)36)21-10-7-11-23(15-21)37-2/h4-13,15-17,19,22,29-30,35-36H,14,18H2,1-3H3/t19-,22+,29+,30-/m1/s1. The molecule has 4 atom stereocenters. The number of hydrogen-bond donors (Lipinski definition) is 2. The molecule has 10 heteroatoms. The molecule has 1 aliphatic heterocycles. The molecule has 0 aliphatic carbocycles. The smallest absolute Gasteiger partial charge is 0.169 e. The van der Waals surface area contributed by atoms with Crippen LogP contribution in [0.2, 0.25) is 0 Å². The molecule has 0 bridgehead atoms. The minimum absolute atomic E-state index is 0.0916. The van der Waals surface area contributed by atoms with Crippen LogP contribution in [0.1, 0.15) is 47.6 Å². The number of nitrogens with zero attached hydrogens (tertiary/aromatic N) is 4. The average molecular weight is 545 g/mol. The number of aromatic nitrogens is 3. The molecule has 0 saturated heterocycles. The lowest BCUT2D eigenvalue weighted by molar-refractivity contribution is 0.0474. The van der Waals surface area contributed by atoms with Crippen molar-refractivity contribution in [3.8, 4) is 17.2 Å². The summed E-state index contributed by atoms with van der Waals surface area (Å²) < 4.78 is 18.6. The van der Waals surface area contributed by atoms with Crippen LogP contribution in [0, 0.1) is 0 Å². The molecule has 10 nitrogen and oxygen atoms in total. The third-order valence-corrected chi connectivity index (χ3v) is 6.86. The quantitative estimate of drug-likeness (QED) is 0.287. The van der Waals surface area contributed by atoms with Gasteiger partial charge in [0.25, 0.3) is 0 Å². The summed E-state index contributed by atoms with van der Waals surface area (Å²) in [6, 6.07) is 22.3. The Bertz CT molecular complexity index is 1460.